The highest BCUT2D eigenvalue weighted by molar-refractivity contribution is 7.88. The van der Waals surface area contributed by atoms with Gasteiger partial charge in [-0.3, -0.25) is 4.79 Å². The summed E-state index contributed by atoms with van der Waals surface area (Å²) >= 11 is 1.17. The Morgan fingerprint density at radius 2 is 2.29 bits per heavy atom. The number of nitrogens with zero attached hydrogens (tertiary/aromatic N) is 2. The molecule has 0 saturated carbocycles. The quantitative estimate of drug-likeness (QED) is 0.811. The molecule has 7 heteroatoms. The summed E-state index contributed by atoms with van der Waals surface area (Å²) in [5.41, 5.74) is 0. The molecule has 0 spiro atoms. The van der Waals surface area contributed by atoms with Crippen molar-refractivity contribution in [2.45, 2.75) is 19.4 Å². The molecule has 1 aromatic heterocycles. The van der Waals surface area contributed by atoms with E-state index >= 15 is 0 Å². The Hall–Kier alpha value is -0.660. The SMILES string of the molecule is CS(=O)(=O)N1CCCC(Cn2ccsc2=O)C1. The Kier molecular flexibility index (Phi) is 3.70. The lowest BCUT2D eigenvalue weighted by atomic mass is 10.00. The van der Waals surface area contributed by atoms with Gasteiger partial charge in [-0.1, -0.05) is 11.3 Å². The van der Waals surface area contributed by atoms with E-state index in [2.05, 4.69) is 0 Å². The number of hydrogen-bond acceptors (Lipinski definition) is 4. The summed E-state index contributed by atoms with van der Waals surface area (Å²) in [7, 11) is -3.10. The molecule has 0 radical (unpaired) electrons. The van der Waals surface area contributed by atoms with Crippen LogP contribution in [0.5, 0.6) is 0 Å². The smallest absolute Gasteiger partial charge is 0.306 e. The second kappa shape index (κ2) is 4.91. The molecule has 0 bridgehead atoms. The Bertz CT molecular complexity index is 532. The molecular weight excluding hydrogens is 260 g/mol. The van der Waals surface area contributed by atoms with Gasteiger partial charge in [-0.05, 0) is 18.8 Å². The average molecular weight is 276 g/mol. The van der Waals surface area contributed by atoms with Crippen LogP contribution < -0.4 is 4.87 Å². The fourth-order valence-corrected chi connectivity index (χ4v) is 3.72. The Balaban J connectivity index is 2.04. The molecular formula is C10H16N2O3S2. The minimum atomic E-state index is -3.10. The fourth-order valence-electron chi connectivity index (χ4n) is 2.18. The first-order chi connectivity index (χ1) is 7.97. The largest absolute Gasteiger partial charge is 0.307 e. The van der Waals surface area contributed by atoms with Crippen LogP contribution in [0.25, 0.3) is 0 Å². The van der Waals surface area contributed by atoms with Crippen LogP contribution in [0.2, 0.25) is 0 Å². The van der Waals surface area contributed by atoms with Gasteiger partial charge in [-0.25, -0.2) is 12.7 Å². The monoisotopic (exact) mass is 276 g/mol. The van der Waals surface area contributed by atoms with Crippen LogP contribution in [-0.2, 0) is 16.6 Å². The highest BCUT2D eigenvalue weighted by Crippen LogP contribution is 2.19. The third kappa shape index (κ3) is 3.17. The van der Waals surface area contributed by atoms with Crippen LogP contribution in [0.15, 0.2) is 16.4 Å². The van der Waals surface area contributed by atoms with Gasteiger partial charge in [0.25, 0.3) is 0 Å². The first kappa shape index (κ1) is 12.8. The number of sulfonamides is 1. The van der Waals surface area contributed by atoms with Crippen molar-refractivity contribution in [1.29, 1.82) is 0 Å². The molecule has 96 valence electrons. The number of thiazole rings is 1. The topological polar surface area (TPSA) is 59.4 Å². The van der Waals surface area contributed by atoms with E-state index in [1.807, 2.05) is 0 Å². The summed E-state index contributed by atoms with van der Waals surface area (Å²) in [6, 6.07) is 0. The van der Waals surface area contributed by atoms with Crippen molar-refractivity contribution < 1.29 is 8.42 Å². The Labute approximate surface area is 105 Å². The molecule has 1 aliphatic heterocycles. The van der Waals surface area contributed by atoms with Gasteiger partial charge in [-0.2, -0.15) is 0 Å². The molecule has 1 fully saturated rings. The number of hydrogen-bond donors (Lipinski definition) is 0. The summed E-state index contributed by atoms with van der Waals surface area (Å²) in [6.07, 6.45) is 4.86. The fraction of sp³-hybridized carbons (Fsp3) is 0.700. The molecule has 2 heterocycles. The molecule has 17 heavy (non-hydrogen) atoms. The number of aromatic nitrogens is 1. The molecule has 0 amide bonds. The molecule has 1 aliphatic rings. The molecule has 5 nitrogen and oxygen atoms in total. The maximum absolute atomic E-state index is 11.5. The van der Waals surface area contributed by atoms with Crippen molar-refractivity contribution in [1.82, 2.24) is 8.87 Å². The van der Waals surface area contributed by atoms with E-state index in [4.69, 9.17) is 0 Å². The summed E-state index contributed by atoms with van der Waals surface area (Å²) < 4.78 is 26.1. The lowest BCUT2D eigenvalue weighted by Gasteiger charge is -2.30. The van der Waals surface area contributed by atoms with E-state index in [0.717, 1.165) is 12.8 Å². The Morgan fingerprint density at radius 3 is 2.88 bits per heavy atom. The van der Waals surface area contributed by atoms with E-state index in [1.54, 1.807) is 16.1 Å². The predicted molar refractivity (Wildman–Crippen MR) is 67.7 cm³/mol. The minimum Gasteiger partial charge on any atom is -0.306 e. The van der Waals surface area contributed by atoms with E-state index in [9.17, 15) is 13.2 Å². The highest BCUT2D eigenvalue weighted by Gasteiger charge is 2.26. The van der Waals surface area contributed by atoms with Gasteiger partial charge in [0.05, 0.1) is 6.26 Å². The lowest BCUT2D eigenvalue weighted by molar-refractivity contribution is 0.245. The summed E-state index contributed by atoms with van der Waals surface area (Å²) in [5, 5.41) is 1.76. The maximum atomic E-state index is 11.5. The molecule has 0 aliphatic carbocycles. The minimum absolute atomic E-state index is 0.0291. The zero-order valence-corrected chi connectivity index (χ0v) is 11.3. The van der Waals surface area contributed by atoms with Crippen LogP contribution in [0.4, 0.5) is 0 Å². The predicted octanol–water partition coefficient (Wildman–Crippen LogP) is 0.581. The number of piperidine rings is 1. The van der Waals surface area contributed by atoms with Crippen molar-refractivity contribution in [3.63, 3.8) is 0 Å². The zero-order chi connectivity index (χ0) is 12.5. The summed E-state index contributed by atoms with van der Waals surface area (Å²) in [6.45, 7) is 1.75. The highest BCUT2D eigenvalue weighted by atomic mass is 32.2. The van der Waals surface area contributed by atoms with Gasteiger partial charge in [-0.15, -0.1) is 0 Å². The summed E-state index contributed by atoms with van der Waals surface area (Å²) in [4.78, 5) is 11.5. The van der Waals surface area contributed by atoms with Crippen molar-refractivity contribution in [3.05, 3.63) is 21.2 Å². The molecule has 1 atom stereocenters. The molecule has 1 aromatic rings. The van der Waals surface area contributed by atoms with Gasteiger partial charge >= 0.3 is 4.87 Å². The standard InChI is InChI=1S/C10H16N2O3S2/c1-17(14,15)12-4-2-3-9(8-12)7-11-5-6-16-10(11)13/h5-6,9H,2-4,7-8H2,1H3. The number of rotatable bonds is 3. The molecule has 1 unspecified atom stereocenters. The second-order valence-corrected chi connectivity index (χ2v) is 7.29. The van der Waals surface area contributed by atoms with Crippen LogP contribution in [-0.4, -0.2) is 36.6 Å². The van der Waals surface area contributed by atoms with Crippen molar-refractivity contribution in [3.8, 4) is 0 Å². The van der Waals surface area contributed by atoms with Crippen molar-refractivity contribution in [2.24, 2.45) is 5.92 Å². The lowest BCUT2D eigenvalue weighted by Crippen LogP contribution is -2.40. The van der Waals surface area contributed by atoms with Crippen LogP contribution in [0.1, 0.15) is 12.8 Å². The van der Waals surface area contributed by atoms with Crippen molar-refractivity contribution >= 4 is 21.4 Å². The van der Waals surface area contributed by atoms with E-state index in [0.29, 0.717) is 19.6 Å². The van der Waals surface area contributed by atoms with Crippen LogP contribution in [0.3, 0.4) is 0 Å². The van der Waals surface area contributed by atoms with E-state index in [1.165, 1.54) is 21.9 Å². The van der Waals surface area contributed by atoms with Gasteiger partial charge in [0, 0.05) is 31.2 Å². The maximum Gasteiger partial charge on any atom is 0.307 e. The molecule has 2 rings (SSSR count). The normalized spacial score (nSPS) is 22.8. The molecule has 0 aromatic carbocycles. The first-order valence-electron chi connectivity index (χ1n) is 5.56. The second-order valence-electron chi connectivity index (χ2n) is 4.45. The van der Waals surface area contributed by atoms with Gasteiger partial charge in [0.15, 0.2) is 0 Å². The molecule has 1 saturated heterocycles. The third-order valence-corrected chi connectivity index (χ3v) is 5.01. The van der Waals surface area contributed by atoms with E-state index < -0.39 is 10.0 Å². The molecule has 0 N–H and O–H groups in total. The summed E-state index contributed by atoms with van der Waals surface area (Å²) in [5.74, 6) is 0.241. The van der Waals surface area contributed by atoms with Crippen LogP contribution in [0, 0.1) is 5.92 Å². The average Bonchev–Trinajstić information content (AvgIpc) is 2.64. The third-order valence-electron chi connectivity index (χ3n) is 3.05. The van der Waals surface area contributed by atoms with Crippen LogP contribution >= 0.6 is 11.3 Å². The van der Waals surface area contributed by atoms with E-state index in [-0.39, 0.29) is 10.8 Å². The zero-order valence-electron chi connectivity index (χ0n) is 9.70. The van der Waals surface area contributed by atoms with Crippen molar-refractivity contribution in [2.75, 3.05) is 19.3 Å². The van der Waals surface area contributed by atoms with Gasteiger partial charge in [0.2, 0.25) is 10.0 Å². The van der Waals surface area contributed by atoms with Gasteiger partial charge < -0.3 is 4.57 Å². The first-order valence-corrected chi connectivity index (χ1v) is 8.28. The Morgan fingerprint density at radius 1 is 1.53 bits per heavy atom. The van der Waals surface area contributed by atoms with Gasteiger partial charge in [0.1, 0.15) is 0 Å².